The number of carbonyl (C=O) groups excluding carboxylic acids is 1. The van der Waals surface area contributed by atoms with Crippen LogP contribution >= 0.6 is 0 Å². The van der Waals surface area contributed by atoms with Gasteiger partial charge in [0, 0.05) is 38.3 Å². The number of hydrogen-bond acceptors (Lipinski definition) is 5. The maximum atomic E-state index is 13.1. The van der Waals surface area contributed by atoms with E-state index in [4.69, 9.17) is 9.47 Å². The van der Waals surface area contributed by atoms with Crippen molar-refractivity contribution >= 4 is 11.6 Å². The highest BCUT2D eigenvalue weighted by Crippen LogP contribution is 2.32. The average molecular weight is 430 g/mol. The molecule has 0 spiro atoms. The normalized spacial score (nSPS) is 26.8. The van der Waals surface area contributed by atoms with Crippen LogP contribution in [0.4, 0.5) is 5.69 Å². The molecule has 0 radical (unpaired) electrons. The van der Waals surface area contributed by atoms with Crippen molar-refractivity contribution in [1.82, 2.24) is 10.2 Å². The molecule has 3 aliphatic rings. The van der Waals surface area contributed by atoms with E-state index in [0.29, 0.717) is 24.0 Å². The molecule has 172 valence electrons. The minimum atomic E-state index is 0.0318. The Morgan fingerprint density at radius 2 is 2.06 bits per heavy atom. The highest BCUT2D eigenvalue weighted by molar-refractivity contribution is 5.95. The molecule has 1 unspecified atom stereocenters. The number of anilines is 1. The number of piperidine rings is 1. The molecule has 4 rings (SSSR count). The highest BCUT2D eigenvalue weighted by Gasteiger charge is 2.30. The molecule has 2 aliphatic heterocycles. The molecular formula is C25H39N3O3. The lowest BCUT2D eigenvalue weighted by Crippen LogP contribution is -2.48. The lowest BCUT2D eigenvalue weighted by atomic mass is 9.83. The van der Waals surface area contributed by atoms with Crippen LogP contribution in [0.2, 0.25) is 0 Å². The molecule has 1 saturated carbocycles. The second kappa shape index (κ2) is 10.7. The fourth-order valence-corrected chi connectivity index (χ4v) is 5.44. The number of nitrogens with one attached hydrogen (secondary N) is 1. The first-order chi connectivity index (χ1) is 15.1. The molecule has 1 N–H and O–H groups in total. The van der Waals surface area contributed by atoms with Crippen LogP contribution in [-0.2, 0) is 4.74 Å². The molecule has 0 aromatic heterocycles. The number of hydrogen-bond donors (Lipinski definition) is 1. The Kier molecular flexibility index (Phi) is 7.72. The Balaban J connectivity index is 1.36. The van der Waals surface area contributed by atoms with Gasteiger partial charge in [-0.2, -0.15) is 0 Å². The van der Waals surface area contributed by atoms with Crippen molar-refractivity contribution in [3.63, 3.8) is 0 Å². The van der Waals surface area contributed by atoms with Crippen LogP contribution in [0.5, 0.6) is 5.75 Å². The first kappa shape index (κ1) is 22.4. The fraction of sp³-hybridized carbons (Fsp3) is 0.720. The van der Waals surface area contributed by atoms with E-state index in [1.54, 1.807) is 0 Å². The molecule has 1 saturated heterocycles. The Labute approximate surface area is 187 Å². The van der Waals surface area contributed by atoms with Gasteiger partial charge in [-0.3, -0.25) is 4.79 Å². The summed E-state index contributed by atoms with van der Waals surface area (Å²) in [6.07, 6.45) is 7.28. The zero-order valence-electron chi connectivity index (χ0n) is 19.3. The van der Waals surface area contributed by atoms with Gasteiger partial charge in [0.2, 0.25) is 0 Å². The molecule has 3 atom stereocenters. The Morgan fingerprint density at radius 1 is 1.19 bits per heavy atom. The smallest absolute Gasteiger partial charge is 0.251 e. The predicted octanol–water partition coefficient (Wildman–Crippen LogP) is 3.55. The Morgan fingerprint density at radius 3 is 2.94 bits per heavy atom. The van der Waals surface area contributed by atoms with Crippen LogP contribution in [0.3, 0.4) is 0 Å². The van der Waals surface area contributed by atoms with Crippen molar-refractivity contribution in [3.8, 4) is 5.75 Å². The van der Waals surface area contributed by atoms with Gasteiger partial charge in [-0.05, 0) is 69.2 Å². The Hall–Kier alpha value is -1.79. The van der Waals surface area contributed by atoms with Gasteiger partial charge in [0.25, 0.3) is 5.91 Å². The van der Waals surface area contributed by atoms with E-state index < -0.39 is 0 Å². The Bertz CT molecular complexity index is 741. The zero-order chi connectivity index (χ0) is 21.6. The van der Waals surface area contributed by atoms with Crippen LogP contribution in [0, 0.1) is 11.8 Å². The van der Waals surface area contributed by atoms with E-state index in [0.717, 1.165) is 50.7 Å². The third-order valence-electron chi connectivity index (χ3n) is 7.20. The summed E-state index contributed by atoms with van der Waals surface area (Å²) in [5, 5.41) is 3.38. The molecule has 2 fully saturated rings. The highest BCUT2D eigenvalue weighted by atomic mass is 16.5. The summed E-state index contributed by atoms with van der Waals surface area (Å²) in [5.74, 6) is 2.03. The van der Waals surface area contributed by atoms with Crippen molar-refractivity contribution in [1.29, 1.82) is 0 Å². The van der Waals surface area contributed by atoms with E-state index >= 15 is 0 Å². The number of likely N-dealkylation sites (tertiary alicyclic amines) is 1. The second-order valence-electron chi connectivity index (χ2n) is 9.50. The summed E-state index contributed by atoms with van der Waals surface area (Å²) in [5.41, 5.74) is 1.76. The van der Waals surface area contributed by atoms with Crippen molar-refractivity contribution in [2.45, 2.75) is 51.5 Å². The maximum Gasteiger partial charge on any atom is 0.251 e. The first-order valence-corrected chi connectivity index (χ1v) is 12.2. The molecule has 1 aliphatic carbocycles. The number of rotatable bonds is 7. The van der Waals surface area contributed by atoms with Gasteiger partial charge in [-0.15, -0.1) is 0 Å². The number of fused-ring (bicyclic) bond motifs is 1. The van der Waals surface area contributed by atoms with Gasteiger partial charge in [-0.25, -0.2) is 0 Å². The van der Waals surface area contributed by atoms with Crippen molar-refractivity contribution in [3.05, 3.63) is 23.8 Å². The third kappa shape index (κ3) is 5.72. The molecule has 1 aromatic carbocycles. The predicted molar refractivity (Wildman–Crippen MR) is 124 cm³/mol. The standard InChI is InChI=1S/C25H39N3O3/c1-3-30-18-19-7-6-12-28(16-19)17-21-8-4-5-9-22(21)26-25(29)20-10-11-23-24(15-20)31-14-13-27(23)2/h10-11,15,19,21-22H,3-9,12-14,16-18H2,1-2H3,(H,26,29)/t19?,21-,22+/m1/s1. The van der Waals surface area contributed by atoms with Crippen molar-refractivity contribution < 1.29 is 14.3 Å². The van der Waals surface area contributed by atoms with Gasteiger partial charge >= 0.3 is 0 Å². The summed E-state index contributed by atoms with van der Waals surface area (Å²) >= 11 is 0. The number of amides is 1. The monoisotopic (exact) mass is 429 g/mol. The van der Waals surface area contributed by atoms with Gasteiger partial charge in [0.15, 0.2) is 0 Å². The molecular weight excluding hydrogens is 390 g/mol. The second-order valence-corrected chi connectivity index (χ2v) is 9.50. The van der Waals surface area contributed by atoms with Gasteiger partial charge in [0.1, 0.15) is 12.4 Å². The zero-order valence-corrected chi connectivity index (χ0v) is 19.3. The summed E-state index contributed by atoms with van der Waals surface area (Å²) in [7, 11) is 2.06. The summed E-state index contributed by atoms with van der Waals surface area (Å²) < 4.78 is 11.5. The molecule has 31 heavy (non-hydrogen) atoms. The minimum Gasteiger partial charge on any atom is -0.490 e. The summed E-state index contributed by atoms with van der Waals surface area (Å²) in [4.78, 5) is 17.9. The molecule has 6 nitrogen and oxygen atoms in total. The molecule has 1 amide bonds. The van der Waals surface area contributed by atoms with Gasteiger partial charge in [-0.1, -0.05) is 12.8 Å². The molecule has 2 heterocycles. The lowest BCUT2D eigenvalue weighted by molar-refractivity contribution is 0.0548. The van der Waals surface area contributed by atoms with Gasteiger partial charge < -0.3 is 24.6 Å². The molecule has 0 bridgehead atoms. The fourth-order valence-electron chi connectivity index (χ4n) is 5.44. The van der Waals surface area contributed by atoms with E-state index in [-0.39, 0.29) is 11.9 Å². The SMILES string of the molecule is CCOCC1CCCN(C[C@H]2CCCC[C@@H]2NC(=O)c2ccc3c(c2)OCCN3C)C1. The number of carbonyl (C=O) groups is 1. The number of likely N-dealkylation sites (N-methyl/N-ethyl adjacent to an activating group) is 1. The average Bonchev–Trinajstić information content (AvgIpc) is 2.79. The summed E-state index contributed by atoms with van der Waals surface area (Å²) in [6.45, 7) is 8.70. The lowest BCUT2D eigenvalue weighted by Gasteiger charge is -2.39. The minimum absolute atomic E-state index is 0.0318. The van der Waals surface area contributed by atoms with Crippen LogP contribution in [0.1, 0.15) is 55.8 Å². The van der Waals surface area contributed by atoms with E-state index in [1.807, 2.05) is 18.2 Å². The van der Waals surface area contributed by atoms with E-state index in [2.05, 4.69) is 29.1 Å². The quantitative estimate of drug-likeness (QED) is 0.718. The van der Waals surface area contributed by atoms with E-state index in [1.165, 1.54) is 38.6 Å². The van der Waals surface area contributed by atoms with Crippen LogP contribution < -0.4 is 15.0 Å². The van der Waals surface area contributed by atoms with Crippen molar-refractivity contribution in [2.75, 3.05) is 57.9 Å². The van der Waals surface area contributed by atoms with Crippen molar-refractivity contribution in [2.24, 2.45) is 11.8 Å². The van der Waals surface area contributed by atoms with Gasteiger partial charge in [0.05, 0.1) is 18.8 Å². The topological polar surface area (TPSA) is 54.0 Å². The first-order valence-electron chi connectivity index (χ1n) is 12.2. The maximum absolute atomic E-state index is 13.1. The largest absolute Gasteiger partial charge is 0.490 e. The van der Waals surface area contributed by atoms with Crippen LogP contribution in [0.25, 0.3) is 0 Å². The van der Waals surface area contributed by atoms with Crippen LogP contribution in [-0.4, -0.2) is 69.9 Å². The van der Waals surface area contributed by atoms with Crippen LogP contribution in [0.15, 0.2) is 18.2 Å². The molecule has 1 aromatic rings. The number of nitrogens with zero attached hydrogens (tertiary/aromatic N) is 2. The molecule has 6 heteroatoms. The number of ether oxygens (including phenoxy) is 2. The third-order valence-corrected chi connectivity index (χ3v) is 7.20. The van der Waals surface area contributed by atoms with E-state index in [9.17, 15) is 4.79 Å². The number of benzene rings is 1. The summed E-state index contributed by atoms with van der Waals surface area (Å²) in [6, 6.07) is 6.10.